The number of nitrogens with one attached hydrogen (secondary N) is 2. The Kier molecular flexibility index (Phi) is 5.29. The van der Waals surface area contributed by atoms with Crippen molar-refractivity contribution in [3.8, 4) is 0 Å². The number of rotatable bonds is 4. The van der Waals surface area contributed by atoms with Crippen LogP contribution in [-0.4, -0.2) is 27.0 Å². The minimum atomic E-state index is -4.50. The molecule has 0 unspecified atom stereocenters. The van der Waals surface area contributed by atoms with Gasteiger partial charge in [0.05, 0.1) is 18.3 Å². The summed E-state index contributed by atoms with van der Waals surface area (Å²) in [5.74, 6) is -0.551. The Morgan fingerprint density at radius 3 is 2.83 bits per heavy atom. The van der Waals surface area contributed by atoms with Gasteiger partial charge in [0.15, 0.2) is 6.04 Å². The number of carbonyl (C=O) groups is 1. The van der Waals surface area contributed by atoms with Crippen LogP contribution in [0.15, 0.2) is 48.0 Å². The van der Waals surface area contributed by atoms with E-state index in [9.17, 15) is 23.1 Å². The maximum Gasteiger partial charge on any atom is 0.410 e. The summed E-state index contributed by atoms with van der Waals surface area (Å²) in [5.41, 5.74) is 1.06. The summed E-state index contributed by atoms with van der Waals surface area (Å²) in [7, 11) is 0. The average molecular weight is 436 g/mol. The third-order valence-corrected chi connectivity index (χ3v) is 5.98. The molecule has 1 amide bonds. The number of halogens is 3. The Labute approximate surface area is 174 Å². The topological polar surface area (TPSA) is 79.2 Å². The minimum Gasteiger partial charge on any atom is -0.389 e. The highest BCUT2D eigenvalue weighted by Gasteiger charge is 2.47. The maximum absolute atomic E-state index is 13.7. The molecule has 3 aromatic rings. The number of nitrogens with zero attached hydrogens (tertiary/aromatic N) is 2. The first-order valence-corrected chi connectivity index (χ1v) is 10.2. The summed E-state index contributed by atoms with van der Waals surface area (Å²) in [4.78, 5) is 13.6. The zero-order valence-corrected chi connectivity index (χ0v) is 16.7. The highest BCUT2D eigenvalue weighted by molar-refractivity contribution is 7.10. The molecule has 30 heavy (non-hydrogen) atoms. The summed E-state index contributed by atoms with van der Waals surface area (Å²) in [5, 5.41) is 21.1. The van der Waals surface area contributed by atoms with E-state index in [2.05, 4.69) is 15.7 Å². The first-order valence-electron chi connectivity index (χ1n) is 9.27. The van der Waals surface area contributed by atoms with Gasteiger partial charge in [-0.3, -0.25) is 4.79 Å². The number of aliphatic hydroxyl groups is 1. The molecule has 3 N–H and O–H groups in total. The van der Waals surface area contributed by atoms with Gasteiger partial charge < -0.3 is 15.7 Å². The molecule has 0 saturated carbocycles. The Hall–Kier alpha value is -2.85. The number of amides is 1. The molecule has 3 heterocycles. The van der Waals surface area contributed by atoms with E-state index in [1.165, 1.54) is 11.3 Å². The van der Waals surface area contributed by atoms with E-state index in [-0.39, 0.29) is 17.8 Å². The van der Waals surface area contributed by atoms with E-state index in [0.29, 0.717) is 11.3 Å². The molecule has 3 atom stereocenters. The monoisotopic (exact) mass is 436 g/mol. The van der Waals surface area contributed by atoms with Crippen LogP contribution in [0.4, 0.5) is 24.7 Å². The molecule has 2 aromatic heterocycles. The Bertz CT molecular complexity index is 1050. The number of carbonyl (C=O) groups excluding carboxylic acids is 1. The maximum atomic E-state index is 13.7. The van der Waals surface area contributed by atoms with Crippen molar-refractivity contribution in [3.05, 3.63) is 64.0 Å². The highest BCUT2D eigenvalue weighted by atomic mass is 32.1. The van der Waals surface area contributed by atoms with Crippen LogP contribution in [0.2, 0.25) is 0 Å². The number of aromatic nitrogens is 2. The SMILES string of the molecule is C[C@@H](O)c1cccc(NC(=O)c2cnn3c2N[C@@H](c2cccs2)C[C@@H]3C(F)(F)F)c1. The molecule has 0 aliphatic carbocycles. The van der Waals surface area contributed by atoms with Crippen molar-refractivity contribution < 1.29 is 23.1 Å². The zero-order valence-electron chi connectivity index (χ0n) is 15.8. The lowest BCUT2D eigenvalue weighted by Gasteiger charge is -2.33. The summed E-state index contributed by atoms with van der Waals surface area (Å²) in [6, 6.07) is 7.77. The molecule has 0 saturated heterocycles. The van der Waals surface area contributed by atoms with Crippen molar-refractivity contribution in [3.63, 3.8) is 0 Å². The molecule has 0 fully saturated rings. The zero-order chi connectivity index (χ0) is 21.5. The Morgan fingerprint density at radius 1 is 1.37 bits per heavy atom. The minimum absolute atomic E-state index is 0.0213. The van der Waals surface area contributed by atoms with Gasteiger partial charge in [0.1, 0.15) is 11.4 Å². The fourth-order valence-corrected chi connectivity index (χ4v) is 4.27. The number of benzene rings is 1. The summed E-state index contributed by atoms with van der Waals surface area (Å²) >= 11 is 1.36. The smallest absolute Gasteiger partial charge is 0.389 e. The van der Waals surface area contributed by atoms with E-state index in [1.807, 2.05) is 0 Å². The lowest BCUT2D eigenvalue weighted by atomic mass is 10.0. The van der Waals surface area contributed by atoms with Crippen molar-refractivity contribution in [2.75, 3.05) is 10.6 Å². The first kappa shape index (κ1) is 20.4. The van der Waals surface area contributed by atoms with Gasteiger partial charge >= 0.3 is 6.18 Å². The second-order valence-electron chi connectivity index (χ2n) is 7.11. The molecule has 158 valence electrons. The van der Waals surface area contributed by atoms with Crippen molar-refractivity contribution >= 4 is 28.7 Å². The number of hydrogen-bond donors (Lipinski definition) is 3. The van der Waals surface area contributed by atoms with Crippen LogP contribution in [-0.2, 0) is 0 Å². The van der Waals surface area contributed by atoms with Crippen LogP contribution in [0.3, 0.4) is 0 Å². The average Bonchev–Trinajstić information content (AvgIpc) is 3.36. The number of anilines is 2. The molecule has 0 spiro atoms. The Morgan fingerprint density at radius 2 is 2.17 bits per heavy atom. The molecular weight excluding hydrogens is 417 g/mol. The van der Waals surface area contributed by atoms with Crippen LogP contribution < -0.4 is 10.6 Å². The fraction of sp³-hybridized carbons (Fsp3) is 0.300. The molecule has 0 radical (unpaired) electrons. The van der Waals surface area contributed by atoms with Crippen LogP contribution in [0.1, 0.15) is 52.3 Å². The van der Waals surface area contributed by atoms with Gasteiger partial charge in [-0.25, -0.2) is 4.68 Å². The van der Waals surface area contributed by atoms with Gasteiger partial charge in [0, 0.05) is 17.0 Å². The predicted octanol–water partition coefficient (Wildman–Crippen LogP) is 4.91. The third kappa shape index (κ3) is 3.92. The molecule has 0 bridgehead atoms. The normalized spacial score (nSPS) is 19.6. The quantitative estimate of drug-likeness (QED) is 0.543. The number of hydrogen-bond acceptors (Lipinski definition) is 5. The number of fused-ring (bicyclic) bond motifs is 1. The van der Waals surface area contributed by atoms with Crippen molar-refractivity contribution in [2.24, 2.45) is 0 Å². The molecule has 4 rings (SSSR count). The van der Waals surface area contributed by atoms with E-state index in [1.54, 1.807) is 48.7 Å². The molecular formula is C20H19F3N4O2S. The highest BCUT2D eigenvalue weighted by Crippen LogP contribution is 2.45. The molecule has 1 aliphatic heterocycles. The summed E-state index contributed by atoms with van der Waals surface area (Å²) in [6.45, 7) is 1.60. The van der Waals surface area contributed by atoms with Gasteiger partial charge in [-0.1, -0.05) is 18.2 Å². The van der Waals surface area contributed by atoms with Crippen LogP contribution in [0, 0.1) is 0 Å². The standard InChI is InChI=1S/C20H19F3N4O2S/c1-11(28)12-4-2-5-13(8-12)25-19(29)14-10-24-27-17(20(21,22)23)9-15(26-18(14)27)16-6-3-7-30-16/h2-8,10-11,15,17,26,28H,9H2,1H3,(H,25,29)/t11-,15-,17-/m1/s1. The van der Waals surface area contributed by atoms with Gasteiger partial charge in [0.25, 0.3) is 5.91 Å². The molecule has 1 aliphatic rings. The lowest BCUT2D eigenvalue weighted by Crippen LogP contribution is -2.36. The third-order valence-electron chi connectivity index (χ3n) is 5.00. The van der Waals surface area contributed by atoms with Gasteiger partial charge in [-0.15, -0.1) is 11.3 Å². The summed E-state index contributed by atoms with van der Waals surface area (Å²) in [6.07, 6.45) is -4.29. The van der Waals surface area contributed by atoms with Gasteiger partial charge in [-0.2, -0.15) is 18.3 Å². The van der Waals surface area contributed by atoms with E-state index < -0.39 is 30.3 Å². The lowest BCUT2D eigenvalue weighted by molar-refractivity contribution is -0.173. The number of alkyl halides is 3. The van der Waals surface area contributed by atoms with E-state index >= 15 is 0 Å². The molecule has 6 nitrogen and oxygen atoms in total. The predicted molar refractivity (Wildman–Crippen MR) is 108 cm³/mol. The summed E-state index contributed by atoms with van der Waals surface area (Å²) < 4.78 is 41.9. The van der Waals surface area contributed by atoms with E-state index in [0.717, 1.165) is 15.8 Å². The number of aliphatic hydroxyl groups excluding tert-OH is 1. The number of thiophene rings is 1. The van der Waals surface area contributed by atoms with Crippen molar-refractivity contribution in [1.29, 1.82) is 0 Å². The Balaban J connectivity index is 1.66. The molecule has 10 heteroatoms. The van der Waals surface area contributed by atoms with Crippen LogP contribution >= 0.6 is 11.3 Å². The second-order valence-corrected chi connectivity index (χ2v) is 8.09. The van der Waals surface area contributed by atoms with Crippen molar-refractivity contribution in [2.45, 2.75) is 37.7 Å². The van der Waals surface area contributed by atoms with E-state index in [4.69, 9.17) is 0 Å². The van der Waals surface area contributed by atoms with Crippen LogP contribution in [0.5, 0.6) is 0 Å². The molecule has 1 aromatic carbocycles. The largest absolute Gasteiger partial charge is 0.410 e. The second kappa shape index (κ2) is 7.77. The van der Waals surface area contributed by atoms with Crippen molar-refractivity contribution in [1.82, 2.24) is 9.78 Å². The van der Waals surface area contributed by atoms with Crippen LogP contribution in [0.25, 0.3) is 0 Å². The first-order chi connectivity index (χ1) is 14.2. The van der Waals surface area contributed by atoms with Gasteiger partial charge in [0.2, 0.25) is 0 Å². The van der Waals surface area contributed by atoms with Gasteiger partial charge in [-0.05, 0) is 36.1 Å². The fourth-order valence-electron chi connectivity index (χ4n) is 3.48.